The van der Waals surface area contributed by atoms with Crippen molar-refractivity contribution in [1.82, 2.24) is 5.32 Å². The Hall–Kier alpha value is -0.670. The molecule has 0 radical (unpaired) electrons. The SMILES string of the molecule is O=C1CC(SCc2ccc(Cl)cc2)N1. The van der Waals surface area contributed by atoms with Crippen molar-refractivity contribution in [2.75, 3.05) is 0 Å². The van der Waals surface area contributed by atoms with Gasteiger partial charge in [0.15, 0.2) is 0 Å². The standard InChI is InChI=1S/C10H10ClNOS/c11-8-3-1-7(2-4-8)6-14-10-5-9(13)12-10/h1-4,10H,5-6H2,(H,12,13). The molecule has 0 bridgehead atoms. The van der Waals surface area contributed by atoms with E-state index in [0.29, 0.717) is 11.8 Å². The summed E-state index contributed by atoms with van der Waals surface area (Å²) in [5.74, 6) is 1.07. The van der Waals surface area contributed by atoms with Gasteiger partial charge in [0.05, 0.1) is 11.8 Å². The van der Waals surface area contributed by atoms with Crippen molar-refractivity contribution < 1.29 is 4.79 Å². The van der Waals surface area contributed by atoms with Crippen LogP contribution >= 0.6 is 23.4 Å². The number of β-lactam (4-membered cyclic amide) rings is 1. The van der Waals surface area contributed by atoms with Crippen LogP contribution in [0.4, 0.5) is 0 Å². The second kappa shape index (κ2) is 4.24. The topological polar surface area (TPSA) is 29.1 Å². The van der Waals surface area contributed by atoms with E-state index in [9.17, 15) is 4.79 Å². The Kier molecular flexibility index (Phi) is 2.99. The van der Waals surface area contributed by atoms with Gasteiger partial charge in [-0.15, -0.1) is 11.8 Å². The highest BCUT2D eigenvalue weighted by molar-refractivity contribution is 7.99. The van der Waals surface area contributed by atoms with Gasteiger partial charge in [0.1, 0.15) is 0 Å². The maximum absolute atomic E-state index is 10.6. The van der Waals surface area contributed by atoms with Crippen LogP contribution in [0.25, 0.3) is 0 Å². The molecular weight excluding hydrogens is 218 g/mol. The molecule has 1 saturated heterocycles. The first kappa shape index (κ1) is 9.87. The second-order valence-electron chi connectivity index (χ2n) is 3.20. The molecule has 74 valence electrons. The van der Waals surface area contributed by atoms with Crippen molar-refractivity contribution in [3.8, 4) is 0 Å². The Morgan fingerprint density at radius 3 is 2.64 bits per heavy atom. The Balaban J connectivity index is 1.80. The molecule has 1 amide bonds. The number of hydrogen-bond acceptors (Lipinski definition) is 2. The summed E-state index contributed by atoms with van der Waals surface area (Å²) < 4.78 is 0. The van der Waals surface area contributed by atoms with Crippen LogP contribution in [-0.2, 0) is 10.5 Å². The molecule has 0 saturated carbocycles. The average molecular weight is 228 g/mol. The highest BCUT2D eigenvalue weighted by atomic mass is 35.5. The van der Waals surface area contributed by atoms with Crippen LogP contribution in [-0.4, -0.2) is 11.3 Å². The molecule has 4 heteroatoms. The van der Waals surface area contributed by atoms with Crippen LogP contribution in [0.1, 0.15) is 12.0 Å². The minimum Gasteiger partial charge on any atom is -0.344 e. The van der Waals surface area contributed by atoms with Crippen LogP contribution < -0.4 is 5.32 Å². The van der Waals surface area contributed by atoms with Crippen LogP contribution in [0.2, 0.25) is 5.02 Å². The summed E-state index contributed by atoms with van der Waals surface area (Å²) in [4.78, 5) is 10.6. The van der Waals surface area contributed by atoms with E-state index in [2.05, 4.69) is 5.32 Å². The molecule has 1 aliphatic heterocycles. The zero-order valence-electron chi connectivity index (χ0n) is 7.50. The number of carbonyl (C=O) groups excluding carboxylic acids is 1. The first-order chi connectivity index (χ1) is 6.74. The predicted molar refractivity (Wildman–Crippen MR) is 59.3 cm³/mol. The fourth-order valence-corrected chi connectivity index (χ4v) is 2.40. The molecule has 1 heterocycles. The van der Waals surface area contributed by atoms with Gasteiger partial charge in [-0.2, -0.15) is 0 Å². The van der Waals surface area contributed by atoms with Crippen molar-refractivity contribution in [3.63, 3.8) is 0 Å². The molecule has 2 nitrogen and oxygen atoms in total. The molecule has 0 spiro atoms. The van der Waals surface area contributed by atoms with E-state index in [0.717, 1.165) is 10.8 Å². The molecule has 1 aromatic carbocycles. The average Bonchev–Trinajstić information content (AvgIpc) is 2.13. The molecule has 1 fully saturated rings. The molecule has 0 aromatic heterocycles. The van der Waals surface area contributed by atoms with E-state index in [-0.39, 0.29) is 5.91 Å². The van der Waals surface area contributed by atoms with Crippen molar-refractivity contribution in [2.45, 2.75) is 17.5 Å². The normalized spacial score (nSPS) is 20.1. The van der Waals surface area contributed by atoms with E-state index in [1.807, 2.05) is 24.3 Å². The largest absolute Gasteiger partial charge is 0.344 e. The lowest BCUT2D eigenvalue weighted by Crippen LogP contribution is -2.46. The number of rotatable bonds is 3. The number of thioether (sulfide) groups is 1. The van der Waals surface area contributed by atoms with Crippen LogP contribution in [0.5, 0.6) is 0 Å². The zero-order valence-corrected chi connectivity index (χ0v) is 9.07. The molecule has 1 N–H and O–H groups in total. The molecular formula is C10H10ClNOS. The van der Waals surface area contributed by atoms with Crippen LogP contribution in [0.3, 0.4) is 0 Å². The lowest BCUT2D eigenvalue weighted by molar-refractivity contribution is -0.126. The summed E-state index contributed by atoms with van der Waals surface area (Å²) >= 11 is 7.52. The number of benzene rings is 1. The fourth-order valence-electron chi connectivity index (χ4n) is 1.20. The van der Waals surface area contributed by atoms with Crippen molar-refractivity contribution >= 4 is 29.3 Å². The van der Waals surface area contributed by atoms with Gasteiger partial charge in [-0.1, -0.05) is 23.7 Å². The van der Waals surface area contributed by atoms with Crippen LogP contribution in [0.15, 0.2) is 24.3 Å². The third-order valence-electron chi connectivity index (χ3n) is 2.06. The van der Waals surface area contributed by atoms with Gasteiger partial charge in [0, 0.05) is 10.8 Å². The Morgan fingerprint density at radius 2 is 2.07 bits per heavy atom. The smallest absolute Gasteiger partial charge is 0.223 e. The summed E-state index contributed by atoms with van der Waals surface area (Å²) in [6.45, 7) is 0. The molecule has 14 heavy (non-hydrogen) atoms. The predicted octanol–water partition coefficient (Wildman–Crippen LogP) is 2.42. The van der Waals surface area contributed by atoms with E-state index in [4.69, 9.17) is 11.6 Å². The molecule has 1 unspecified atom stereocenters. The maximum atomic E-state index is 10.6. The number of hydrogen-bond donors (Lipinski definition) is 1. The number of nitrogens with one attached hydrogen (secondary N) is 1. The minimum absolute atomic E-state index is 0.151. The molecule has 2 rings (SSSR count). The second-order valence-corrected chi connectivity index (χ2v) is 4.83. The lowest BCUT2D eigenvalue weighted by Gasteiger charge is -2.26. The first-order valence-corrected chi connectivity index (χ1v) is 5.82. The summed E-state index contributed by atoms with van der Waals surface area (Å²) in [7, 11) is 0. The van der Waals surface area contributed by atoms with Crippen molar-refractivity contribution in [2.24, 2.45) is 0 Å². The van der Waals surface area contributed by atoms with E-state index < -0.39 is 0 Å². The van der Waals surface area contributed by atoms with Gasteiger partial charge in [0.25, 0.3) is 0 Å². The molecule has 0 aliphatic carbocycles. The highest BCUT2D eigenvalue weighted by Crippen LogP contribution is 2.23. The zero-order chi connectivity index (χ0) is 9.97. The lowest BCUT2D eigenvalue weighted by atomic mass is 10.2. The maximum Gasteiger partial charge on any atom is 0.223 e. The van der Waals surface area contributed by atoms with Gasteiger partial charge in [0.2, 0.25) is 5.91 Å². The monoisotopic (exact) mass is 227 g/mol. The Labute approximate surface area is 92.0 Å². The summed E-state index contributed by atoms with van der Waals surface area (Å²) in [5.41, 5.74) is 1.24. The number of carbonyl (C=O) groups is 1. The van der Waals surface area contributed by atoms with Gasteiger partial charge in [-0.05, 0) is 17.7 Å². The quantitative estimate of drug-likeness (QED) is 0.804. The van der Waals surface area contributed by atoms with Gasteiger partial charge >= 0.3 is 0 Å². The molecule has 1 atom stereocenters. The Morgan fingerprint density at radius 1 is 1.43 bits per heavy atom. The van der Waals surface area contributed by atoms with E-state index >= 15 is 0 Å². The fraction of sp³-hybridized carbons (Fsp3) is 0.300. The van der Waals surface area contributed by atoms with Crippen LogP contribution in [0, 0.1) is 0 Å². The van der Waals surface area contributed by atoms with Gasteiger partial charge < -0.3 is 5.32 Å². The third-order valence-corrected chi connectivity index (χ3v) is 3.50. The summed E-state index contributed by atoms with van der Waals surface area (Å²) in [6.07, 6.45) is 0.651. The summed E-state index contributed by atoms with van der Waals surface area (Å²) in [5, 5.41) is 3.89. The number of amides is 1. The van der Waals surface area contributed by atoms with E-state index in [1.165, 1.54) is 5.56 Å². The molecule has 1 aromatic rings. The van der Waals surface area contributed by atoms with Gasteiger partial charge in [-0.25, -0.2) is 0 Å². The van der Waals surface area contributed by atoms with Gasteiger partial charge in [-0.3, -0.25) is 4.79 Å². The van der Waals surface area contributed by atoms with Crippen molar-refractivity contribution in [1.29, 1.82) is 0 Å². The summed E-state index contributed by atoms with van der Waals surface area (Å²) in [6, 6.07) is 7.79. The highest BCUT2D eigenvalue weighted by Gasteiger charge is 2.24. The number of halogens is 1. The van der Waals surface area contributed by atoms with Crippen molar-refractivity contribution in [3.05, 3.63) is 34.9 Å². The first-order valence-electron chi connectivity index (χ1n) is 4.39. The minimum atomic E-state index is 0.151. The Bertz CT molecular complexity index is 330. The van der Waals surface area contributed by atoms with E-state index in [1.54, 1.807) is 11.8 Å². The molecule has 1 aliphatic rings. The third kappa shape index (κ3) is 2.42.